The van der Waals surface area contributed by atoms with Gasteiger partial charge in [0.25, 0.3) is 0 Å². The summed E-state index contributed by atoms with van der Waals surface area (Å²) in [6.45, 7) is 5.38. The van der Waals surface area contributed by atoms with Crippen LogP contribution in [0.2, 0.25) is 0 Å². The van der Waals surface area contributed by atoms with Gasteiger partial charge in [0.2, 0.25) is 5.91 Å². The number of alkyl carbamates (subject to hydrolysis) is 1. The van der Waals surface area contributed by atoms with Crippen LogP contribution in [0.5, 0.6) is 0 Å². The minimum Gasteiger partial charge on any atom is -0.444 e. The normalized spacial score (nSPS) is 12.4. The van der Waals surface area contributed by atoms with E-state index in [9.17, 15) is 9.59 Å². The van der Waals surface area contributed by atoms with Gasteiger partial charge in [0, 0.05) is 24.0 Å². The van der Waals surface area contributed by atoms with Crippen molar-refractivity contribution in [3.63, 3.8) is 0 Å². The van der Waals surface area contributed by atoms with Gasteiger partial charge in [-0.05, 0) is 44.9 Å². The molecular formula is C17H25BrN2O4. The summed E-state index contributed by atoms with van der Waals surface area (Å²) in [6, 6.07) is 7.33. The molecule has 134 valence electrons. The summed E-state index contributed by atoms with van der Waals surface area (Å²) in [5, 5.41) is 3.91. The molecule has 2 amide bonds. The smallest absolute Gasteiger partial charge is 0.407 e. The minimum absolute atomic E-state index is 0.111. The minimum atomic E-state index is -0.598. The molecule has 0 radical (unpaired) electrons. The molecule has 1 aromatic carbocycles. The number of nitrogens with zero attached hydrogens (tertiary/aromatic N) is 1. The molecule has 0 spiro atoms. The van der Waals surface area contributed by atoms with Crippen molar-refractivity contribution in [2.75, 3.05) is 14.2 Å². The molecule has 1 N–H and O–H groups in total. The van der Waals surface area contributed by atoms with Crippen LogP contribution in [0.3, 0.4) is 0 Å². The van der Waals surface area contributed by atoms with E-state index in [0.29, 0.717) is 6.42 Å². The molecule has 0 fully saturated rings. The van der Waals surface area contributed by atoms with E-state index in [0.717, 1.165) is 15.1 Å². The molecule has 7 heteroatoms. The summed E-state index contributed by atoms with van der Waals surface area (Å²) in [4.78, 5) is 29.0. The fraction of sp³-hybridized carbons (Fsp3) is 0.529. The van der Waals surface area contributed by atoms with Crippen molar-refractivity contribution >= 4 is 27.9 Å². The van der Waals surface area contributed by atoms with E-state index >= 15 is 0 Å². The van der Waals surface area contributed by atoms with Gasteiger partial charge in [-0.2, -0.15) is 0 Å². The lowest BCUT2D eigenvalue weighted by molar-refractivity contribution is -0.169. The number of halogens is 1. The average Bonchev–Trinajstić information content (AvgIpc) is 2.46. The Balaban J connectivity index is 2.80. The largest absolute Gasteiger partial charge is 0.444 e. The molecular weight excluding hydrogens is 376 g/mol. The lowest BCUT2D eigenvalue weighted by atomic mass is 10.0. The Bertz CT molecular complexity index is 555. The SMILES string of the molecule is CON(C)C(=O)C[C@@H](Cc1ccc(Br)cc1)NC(=O)OC(C)(C)C. The Morgan fingerprint density at radius 2 is 1.83 bits per heavy atom. The van der Waals surface area contributed by atoms with Crippen LogP contribution in [0.15, 0.2) is 28.7 Å². The summed E-state index contributed by atoms with van der Waals surface area (Å²) in [5.74, 6) is -0.226. The Hall–Kier alpha value is -1.60. The van der Waals surface area contributed by atoms with E-state index in [-0.39, 0.29) is 12.3 Å². The van der Waals surface area contributed by atoms with Crippen molar-refractivity contribution in [2.45, 2.75) is 45.3 Å². The van der Waals surface area contributed by atoms with Crippen molar-refractivity contribution in [2.24, 2.45) is 0 Å². The molecule has 0 saturated heterocycles. The molecule has 1 aromatic rings. The number of nitrogens with one attached hydrogen (secondary N) is 1. The Labute approximate surface area is 151 Å². The molecule has 0 aliphatic rings. The number of carbonyl (C=O) groups is 2. The van der Waals surface area contributed by atoms with E-state index in [1.54, 1.807) is 20.8 Å². The van der Waals surface area contributed by atoms with Crippen LogP contribution >= 0.6 is 15.9 Å². The Morgan fingerprint density at radius 1 is 1.25 bits per heavy atom. The second kappa shape index (κ2) is 9.03. The van der Waals surface area contributed by atoms with Crippen LogP contribution in [0.1, 0.15) is 32.8 Å². The van der Waals surface area contributed by atoms with Gasteiger partial charge in [0.1, 0.15) is 5.60 Å². The maximum Gasteiger partial charge on any atom is 0.407 e. The molecule has 0 unspecified atom stereocenters. The van der Waals surface area contributed by atoms with Crippen LogP contribution in [0.25, 0.3) is 0 Å². The van der Waals surface area contributed by atoms with Gasteiger partial charge in [-0.25, -0.2) is 9.86 Å². The van der Waals surface area contributed by atoms with E-state index in [1.807, 2.05) is 24.3 Å². The molecule has 0 bridgehead atoms. The third-order valence-corrected chi connectivity index (χ3v) is 3.69. The highest BCUT2D eigenvalue weighted by atomic mass is 79.9. The third-order valence-electron chi connectivity index (χ3n) is 3.16. The summed E-state index contributed by atoms with van der Waals surface area (Å²) < 4.78 is 6.25. The molecule has 24 heavy (non-hydrogen) atoms. The first-order valence-corrected chi connectivity index (χ1v) is 8.44. The van der Waals surface area contributed by atoms with Crippen LogP contribution in [0.4, 0.5) is 4.79 Å². The van der Waals surface area contributed by atoms with Crippen LogP contribution < -0.4 is 5.32 Å². The molecule has 1 rings (SSSR count). The quantitative estimate of drug-likeness (QED) is 0.743. The van der Waals surface area contributed by atoms with Gasteiger partial charge in [0.15, 0.2) is 0 Å². The summed E-state index contributed by atoms with van der Waals surface area (Å²) in [6.07, 6.45) is 0.0765. The van der Waals surface area contributed by atoms with Crippen molar-refractivity contribution in [1.29, 1.82) is 0 Å². The lowest BCUT2D eigenvalue weighted by Gasteiger charge is -2.24. The van der Waals surface area contributed by atoms with Crippen molar-refractivity contribution in [1.82, 2.24) is 10.4 Å². The second-order valence-corrected chi connectivity index (χ2v) is 7.37. The summed E-state index contributed by atoms with van der Waals surface area (Å²) >= 11 is 3.39. The number of hydroxylamine groups is 2. The molecule has 0 aliphatic carbocycles. The molecule has 6 nitrogen and oxygen atoms in total. The van der Waals surface area contributed by atoms with Crippen LogP contribution in [-0.2, 0) is 20.8 Å². The standard InChI is InChI=1S/C17H25BrN2O4/c1-17(2,3)24-16(22)19-14(11-15(21)20(4)23-5)10-12-6-8-13(18)9-7-12/h6-9,14H,10-11H2,1-5H3,(H,19,22)/t14-/m1/s1. The zero-order chi connectivity index (χ0) is 18.3. The van der Waals surface area contributed by atoms with Gasteiger partial charge in [-0.15, -0.1) is 0 Å². The van der Waals surface area contributed by atoms with E-state index in [2.05, 4.69) is 21.2 Å². The molecule has 0 aromatic heterocycles. The Morgan fingerprint density at radius 3 is 2.33 bits per heavy atom. The van der Waals surface area contributed by atoms with Gasteiger partial charge >= 0.3 is 6.09 Å². The highest BCUT2D eigenvalue weighted by molar-refractivity contribution is 9.10. The predicted octanol–water partition coefficient (Wildman–Crippen LogP) is 3.29. The third kappa shape index (κ3) is 7.79. The number of carbonyl (C=O) groups excluding carboxylic acids is 2. The van der Waals surface area contributed by atoms with E-state index < -0.39 is 17.7 Å². The molecule has 0 aliphatic heterocycles. The topological polar surface area (TPSA) is 67.9 Å². The van der Waals surface area contributed by atoms with Crippen LogP contribution in [0, 0.1) is 0 Å². The van der Waals surface area contributed by atoms with E-state index in [4.69, 9.17) is 9.57 Å². The predicted molar refractivity (Wildman–Crippen MR) is 95.4 cm³/mol. The maximum atomic E-state index is 12.1. The number of hydrogen-bond acceptors (Lipinski definition) is 4. The van der Waals surface area contributed by atoms with Gasteiger partial charge < -0.3 is 10.1 Å². The first kappa shape index (κ1) is 20.4. The first-order chi connectivity index (χ1) is 11.1. The van der Waals surface area contributed by atoms with Gasteiger partial charge in [-0.3, -0.25) is 9.63 Å². The zero-order valence-electron chi connectivity index (χ0n) is 14.8. The number of ether oxygens (including phenoxy) is 1. The van der Waals surface area contributed by atoms with Gasteiger partial charge in [-0.1, -0.05) is 28.1 Å². The molecule has 0 heterocycles. The number of rotatable bonds is 6. The monoisotopic (exact) mass is 400 g/mol. The summed E-state index contributed by atoms with van der Waals surface area (Å²) in [7, 11) is 2.95. The first-order valence-electron chi connectivity index (χ1n) is 7.65. The molecule has 0 saturated carbocycles. The fourth-order valence-corrected chi connectivity index (χ4v) is 2.26. The van der Waals surface area contributed by atoms with Crippen molar-refractivity contribution < 1.29 is 19.2 Å². The van der Waals surface area contributed by atoms with Crippen molar-refractivity contribution in [3.8, 4) is 0 Å². The molecule has 1 atom stereocenters. The van der Waals surface area contributed by atoms with Crippen LogP contribution in [-0.4, -0.2) is 42.9 Å². The van der Waals surface area contributed by atoms with Crippen molar-refractivity contribution in [3.05, 3.63) is 34.3 Å². The maximum absolute atomic E-state index is 12.1. The highest BCUT2D eigenvalue weighted by Crippen LogP contribution is 2.14. The number of benzene rings is 1. The fourth-order valence-electron chi connectivity index (χ4n) is 1.99. The Kier molecular flexibility index (Phi) is 7.69. The van der Waals surface area contributed by atoms with E-state index in [1.165, 1.54) is 14.2 Å². The second-order valence-electron chi connectivity index (χ2n) is 6.45. The zero-order valence-corrected chi connectivity index (χ0v) is 16.3. The number of hydrogen-bond donors (Lipinski definition) is 1. The summed E-state index contributed by atoms with van der Waals surface area (Å²) in [5.41, 5.74) is 0.409. The highest BCUT2D eigenvalue weighted by Gasteiger charge is 2.23. The average molecular weight is 401 g/mol. The lowest BCUT2D eigenvalue weighted by Crippen LogP contribution is -2.43. The number of amides is 2. The van der Waals surface area contributed by atoms with Gasteiger partial charge in [0.05, 0.1) is 7.11 Å².